The van der Waals surface area contributed by atoms with Crippen LogP contribution in [-0.4, -0.2) is 17.9 Å². The van der Waals surface area contributed by atoms with Gasteiger partial charge in [0.2, 0.25) is 0 Å². The third-order valence-corrected chi connectivity index (χ3v) is 4.30. The van der Waals surface area contributed by atoms with Crippen molar-refractivity contribution in [1.82, 2.24) is 4.90 Å². The van der Waals surface area contributed by atoms with Gasteiger partial charge in [-0.05, 0) is 47.9 Å². The van der Waals surface area contributed by atoms with Crippen molar-refractivity contribution < 1.29 is 13.2 Å². The SMILES string of the molecule is C=C1N(C)C(N)=NC1(c1cc(F)cc(F)c1)c1ccc(F)c(C)c1. The summed E-state index contributed by atoms with van der Waals surface area (Å²) in [5.41, 5.74) is 6.20. The summed E-state index contributed by atoms with van der Waals surface area (Å²) in [6.45, 7) is 5.60. The summed E-state index contributed by atoms with van der Waals surface area (Å²) >= 11 is 0. The fourth-order valence-corrected chi connectivity index (χ4v) is 2.95. The number of likely N-dealkylation sites (N-methyl/N-ethyl adjacent to an activating group) is 1. The fourth-order valence-electron chi connectivity index (χ4n) is 2.95. The Morgan fingerprint density at radius 2 is 1.67 bits per heavy atom. The molecule has 0 aliphatic carbocycles. The number of halogens is 3. The Morgan fingerprint density at radius 1 is 1.04 bits per heavy atom. The molecular formula is C18H16F3N3. The van der Waals surface area contributed by atoms with E-state index in [0.29, 0.717) is 16.8 Å². The number of rotatable bonds is 2. The zero-order chi connectivity index (χ0) is 17.6. The van der Waals surface area contributed by atoms with Gasteiger partial charge in [0, 0.05) is 13.1 Å². The first kappa shape index (κ1) is 16.1. The van der Waals surface area contributed by atoms with E-state index in [1.54, 1.807) is 24.9 Å². The Balaban J connectivity index is 2.34. The first-order chi connectivity index (χ1) is 11.3. The van der Waals surface area contributed by atoms with Crippen LogP contribution in [0.5, 0.6) is 0 Å². The molecule has 0 fully saturated rings. The molecule has 124 valence electrons. The highest BCUT2D eigenvalue weighted by Gasteiger charge is 2.45. The maximum Gasteiger partial charge on any atom is 0.197 e. The summed E-state index contributed by atoms with van der Waals surface area (Å²) in [5, 5.41) is 0. The van der Waals surface area contributed by atoms with Crippen molar-refractivity contribution in [2.24, 2.45) is 10.7 Å². The minimum Gasteiger partial charge on any atom is -0.369 e. The molecule has 1 heterocycles. The molecular weight excluding hydrogens is 315 g/mol. The van der Waals surface area contributed by atoms with E-state index in [1.165, 1.54) is 24.3 Å². The highest BCUT2D eigenvalue weighted by molar-refractivity contribution is 5.85. The average molecular weight is 331 g/mol. The van der Waals surface area contributed by atoms with Gasteiger partial charge in [-0.1, -0.05) is 12.6 Å². The minimum absolute atomic E-state index is 0.159. The van der Waals surface area contributed by atoms with Gasteiger partial charge in [-0.3, -0.25) is 0 Å². The molecule has 0 aromatic heterocycles. The van der Waals surface area contributed by atoms with E-state index in [2.05, 4.69) is 11.6 Å². The van der Waals surface area contributed by atoms with Gasteiger partial charge in [0.15, 0.2) is 11.5 Å². The van der Waals surface area contributed by atoms with E-state index in [-0.39, 0.29) is 17.3 Å². The van der Waals surface area contributed by atoms with Gasteiger partial charge >= 0.3 is 0 Å². The minimum atomic E-state index is -1.31. The van der Waals surface area contributed by atoms with Crippen molar-refractivity contribution in [1.29, 1.82) is 0 Å². The highest BCUT2D eigenvalue weighted by Crippen LogP contribution is 2.45. The van der Waals surface area contributed by atoms with Gasteiger partial charge < -0.3 is 10.6 Å². The maximum atomic E-state index is 13.8. The molecule has 1 atom stereocenters. The van der Waals surface area contributed by atoms with E-state index < -0.39 is 17.2 Å². The van der Waals surface area contributed by atoms with Gasteiger partial charge in [0.1, 0.15) is 17.5 Å². The highest BCUT2D eigenvalue weighted by atomic mass is 19.1. The number of benzene rings is 2. The van der Waals surface area contributed by atoms with Gasteiger partial charge in [-0.25, -0.2) is 18.2 Å². The molecule has 0 bridgehead atoms. The summed E-state index contributed by atoms with van der Waals surface area (Å²) in [6.07, 6.45) is 0. The predicted molar refractivity (Wildman–Crippen MR) is 86.8 cm³/mol. The monoisotopic (exact) mass is 331 g/mol. The number of aryl methyl sites for hydroxylation is 1. The zero-order valence-electron chi connectivity index (χ0n) is 13.3. The van der Waals surface area contributed by atoms with Crippen molar-refractivity contribution in [2.75, 3.05) is 7.05 Å². The van der Waals surface area contributed by atoms with Crippen molar-refractivity contribution in [3.63, 3.8) is 0 Å². The second-order valence-electron chi connectivity index (χ2n) is 5.81. The van der Waals surface area contributed by atoms with E-state index in [4.69, 9.17) is 5.73 Å². The molecule has 3 rings (SSSR count). The van der Waals surface area contributed by atoms with Crippen LogP contribution in [0.2, 0.25) is 0 Å². The van der Waals surface area contributed by atoms with Crippen LogP contribution in [0.3, 0.4) is 0 Å². The fraction of sp³-hybridized carbons (Fsp3) is 0.167. The topological polar surface area (TPSA) is 41.6 Å². The van der Waals surface area contributed by atoms with E-state index in [1.807, 2.05) is 0 Å². The first-order valence-electron chi connectivity index (χ1n) is 7.27. The van der Waals surface area contributed by atoms with Crippen LogP contribution in [0.25, 0.3) is 0 Å². The molecule has 2 aromatic rings. The lowest BCUT2D eigenvalue weighted by Crippen LogP contribution is -2.32. The molecule has 0 saturated carbocycles. The smallest absolute Gasteiger partial charge is 0.197 e. The van der Waals surface area contributed by atoms with Crippen LogP contribution < -0.4 is 5.73 Å². The molecule has 3 nitrogen and oxygen atoms in total. The molecule has 0 amide bonds. The number of guanidine groups is 1. The molecule has 0 radical (unpaired) electrons. The first-order valence-corrected chi connectivity index (χ1v) is 7.27. The van der Waals surface area contributed by atoms with Crippen LogP contribution >= 0.6 is 0 Å². The molecule has 24 heavy (non-hydrogen) atoms. The quantitative estimate of drug-likeness (QED) is 0.916. The number of aliphatic imine (C=N–C) groups is 1. The Hall–Kier alpha value is -2.76. The van der Waals surface area contributed by atoms with Crippen molar-refractivity contribution in [2.45, 2.75) is 12.5 Å². The van der Waals surface area contributed by atoms with Crippen LogP contribution in [0.4, 0.5) is 13.2 Å². The lowest BCUT2D eigenvalue weighted by atomic mass is 9.80. The molecule has 2 N–H and O–H groups in total. The lowest BCUT2D eigenvalue weighted by Gasteiger charge is -2.30. The normalized spacial score (nSPS) is 20.5. The molecule has 2 aromatic carbocycles. The molecule has 1 aliphatic rings. The molecule has 0 spiro atoms. The van der Waals surface area contributed by atoms with Crippen LogP contribution in [-0.2, 0) is 5.54 Å². The third kappa shape index (κ3) is 2.26. The standard InChI is InChI=1S/C18H16F3N3/c1-10-6-12(4-5-16(10)21)18(11(2)24(3)17(22)23-18)13-7-14(19)9-15(20)8-13/h4-9H,2H2,1,3H3,(H2,22,23). The summed E-state index contributed by atoms with van der Waals surface area (Å²) < 4.78 is 41.3. The van der Waals surface area contributed by atoms with Gasteiger partial charge in [0.05, 0.1) is 5.70 Å². The molecule has 0 saturated heterocycles. The van der Waals surface area contributed by atoms with Crippen LogP contribution in [0.15, 0.2) is 53.7 Å². The second kappa shape index (κ2) is 5.40. The van der Waals surface area contributed by atoms with Crippen molar-refractivity contribution in [3.8, 4) is 0 Å². The van der Waals surface area contributed by atoms with Crippen molar-refractivity contribution in [3.05, 3.63) is 82.8 Å². The molecule has 1 unspecified atom stereocenters. The summed E-state index contributed by atoms with van der Waals surface area (Å²) in [6, 6.07) is 7.54. The van der Waals surface area contributed by atoms with Gasteiger partial charge in [-0.2, -0.15) is 0 Å². The number of hydrogen-bond acceptors (Lipinski definition) is 3. The Kier molecular flexibility index (Phi) is 3.63. The molecule has 6 heteroatoms. The van der Waals surface area contributed by atoms with E-state index in [0.717, 1.165) is 6.07 Å². The molecule has 1 aliphatic heterocycles. The maximum absolute atomic E-state index is 13.8. The second-order valence-corrected chi connectivity index (χ2v) is 5.81. The Morgan fingerprint density at radius 3 is 2.17 bits per heavy atom. The van der Waals surface area contributed by atoms with Crippen LogP contribution in [0.1, 0.15) is 16.7 Å². The van der Waals surface area contributed by atoms with Gasteiger partial charge in [-0.15, -0.1) is 0 Å². The number of nitrogens with two attached hydrogens (primary N) is 1. The van der Waals surface area contributed by atoms with Crippen LogP contribution in [0, 0.1) is 24.4 Å². The Labute approximate surface area is 137 Å². The number of nitrogens with zero attached hydrogens (tertiary/aromatic N) is 2. The lowest BCUT2D eigenvalue weighted by molar-refractivity contribution is 0.523. The summed E-state index contributed by atoms with van der Waals surface area (Å²) in [5.74, 6) is -1.70. The average Bonchev–Trinajstić information content (AvgIpc) is 2.74. The predicted octanol–water partition coefficient (Wildman–Crippen LogP) is 3.43. The summed E-state index contributed by atoms with van der Waals surface area (Å²) in [7, 11) is 1.66. The van der Waals surface area contributed by atoms with E-state index >= 15 is 0 Å². The third-order valence-electron chi connectivity index (χ3n) is 4.30. The number of hydrogen-bond donors (Lipinski definition) is 1. The zero-order valence-corrected chi connectivity index (χ0v) is 13.3. The summed E-state index contributed by atoms with van der Waals surface area (Å²) in [4.78, 5) is 5.98. The van der Waals surface area contributed by atoms with Gasteiger partial charge in [0.25, 0.3) is 0 Å². The largest absolute Gasteiger partial charge is 0.369 e. The van der Waals surface area contributed by atoms with Crippen molar-refractivity contribution >= 4 is 5.96 Å². The Bertz CT molecular complexity index is 856. The van der Waals surface area contributed by atoms with E-state index in [9.17, 15) is 13.2 Å².